The molecule has 130 valence electrons. The van der Waals surface area contributed by atoms with Crippen molar-refractivity contribution in [2.75, 3.05) is 13.1 Å². The van der Waals surface area contributed by atoms with E-state index in [9.17, 15) is 14.9 Å². The molecule has 3 rings (SSSR count). The first-order valence-corrected chi connectivity index (χ1v) is 7.88. The zero-order valence-corrected chi connectivity index (χ0v) is 13.7. The molecule has 0 aromatic heterocycles. The van der Waals surface area contributed by atoms with Crippen LogP contribution < -0.4 is 4.74 Å². The van der Waals surface area contributed by atoms with Crippen LogP contribution >= 0.6 is 0 Å². The summed E-state index contributed by atoms with van der Waals surface area (Å²) in [5.74, 6) is 0.598. The Labute approximate surface area is 144 Å². The van der Waals surface area contributed by atoms with Gasteiger partial charge in [0.2, 0.25) is 0 Å². The summed E-state index contributed by atoms with van der Waals surface area (Å²) in [7, 11) is 0. The van der Waals surface area contributed by atoms with Gasteiger partial charge in [-0.25, -0.2) is 0 Å². The smallest absolute Gasteiger partial charge is 0.294 e. The lowest BCUT2D eigenvalue weighted by Crippen LogP contribution is -2.55. The molecular formula is C18H18N2O5. The van der Waals surface area contributed by atoms with E-state index in [0.717, 1.165) is 5.56 Å². The highest BCUT2D eigenvalue weighted by Gasteiger charge is 2.35. The molecule has 0 amide bonds. The summed E-state index contributed by atoms with van der Waals surface area (Å²) in [6.45, 7) is 3.33. The van der Waals surface area contributed by atoms with Crippen LogP contribution in [0.15, 0.2) is 48.5 Å². The normalized spacial score (nSPS) is 15.9. The van der Waals surface area contributed by atoms with Gasteiger partial charge in [-0.15, -0.1) is 0 Å². The molecule has 1 fully saturated rings. The van der Waals surface area contributed by atoms with Gasteiger partial charge in [-0.05, 0) is 19.1 Å². The van der Waals surface area contributed by atoms with Gasteiger partial charge in [0.05, 0.1) is 4.92 Å². The molecule has 0 saturated carbocycles. The Bertz CT molecular complexity index is 759. The monoisotopic (exact) mass is 342 g/mol. The molecule has 0 N–H and O–H groups in total. The van der Waals surface area contributed by atoms with Gasteiger partial charge < -0.3 is 9.47 Å². The van der Waals surface area contributed by atoms with Crippen LogP contribution in [0.2, 0.25) is 0 Å². The molecule has 0 aliphatic carbocycles. The fourth-order valence-corrected chi connectivity index (χ4v) is 2.88. The molecule has 1 aliphatic rings. The molecule has 1 aliphatic heterocycles. The second-order valence-electron chi connectivity index (χ2n) is 5.89. The van der Waals surface area contributed by atoms with E-state index < -0.39 is 11.2 Å². The molecule has 1 unspecified atom stereocenters. The van der Waals surface area contributed by atoms with E-state index in [4.69, 9.17) is 9.47 Å². The van der Waals surface area contributed by atoms with Crippen LogP contribution in [0.1, 0.15) is 17.4 Å². The molecule has 1 saturated heterocycles. The number of hydrogen-bond donors (Lipinski definition) is 0. The van der Waals surface area contributed by atoms with Gasteiger partial charge in [0, 0.05) is 30.3 Å². The SMILES string of the molecule is Cc1cc(OC2CN(C(OC=O)c3ccccc3)C2)ccc1[N+](=O)[O-]. The lowest BCUT2D eigenvalue weighted by molar-refractivity contribution is -0.385. The Morgan fingerprint density at radius 3 is 2.56 bits per heavy atom. The van der Waals surface area contributed by atoms with E-state index in [1.54, 1.807) is 19.1 Å². The molecule has 2 aromatic carbocycles. The van der Waals surface area contributed by atoms with E-state index in [1.165, 1.54) is 6.07 Å². The van der Waals surface area contributed by atoms with Gasteiger partial charge in [0.15, 0.2) is 6.23 Å². The summed E-state index contributed by atoms with van der Waals surface area (Å²) in [5.41, 5.74) is 1.54. The van der Waals surface area contributed by atoms with E-state index in [-0.39, 0.29) is 11.8 Å². The number of nitrogens with zero attached hydrogens (tertiary/aromatic N) is 2. The average Bonchev–Trinajstić information content (AvgIpc) is 2.56. The lowest BCUT2D eigenvalue weighted by Gasteiger charge is -2.42. The minimum atomic E-state index is -0.433. The molecule has 7 nitrogen and oxygen atoms in total. The van der Waals surface area contributed by atoms with Crippen LogP contribution in [0.4, 0.5) is 5.69 Å². The maximum atomic E-state index is 10.9. The van der Waals surface area contributed by atoms with Crippen molar-refractivity contribution in [3.63, 3.8) is 0 Å². The predicted molar refractivity (Wildman–Crippen MR) is 90.2 cm³/mol. The van der Waals surface area contributed by atoms with Crippen molar-refractivity contribution in [3.8, 4) is 5.75 Å². The van der Waals surface area contributed by atoms with Crippen LogP contribution in [0, 0.1) is 17.0 Å². The van der Waals surface area contributed by atoms with E-state index in [1.807, 2.05) is 35.2 Å². The van der Waals surface area contributed by atoms with Crippen molar-refractivity contribution in [1.29, 1.82) is 0 Å². The Morgan fingerprint density at radius 1 is 1.24 bits per heavy atom. The minimum Gasteiger partial charge on any atom is -0.488 e. The summed E-state index contributed by atoms with van der Waals surface area (Å²) in [6, 6.07) is 14.2. The molecule has 25 heavy (non-hydrogen) atoms. The van der Waals surface area contributed by atoms with Gasteiger partial charge in [-0.1, -0.05) is 30.3 Å². The molecule has 0 bridgehead atoms. The van der Waals surface area contributed by atoms with E-state index >= 15 is 0 Å². The number of nitro benzene ring substituents is 1. The van der Waals surface area contributed by atoms with Crippen LogP contribution in [-0.4, -0.2) is 35.5 Å². The largest absolute Gasteiger partial charge is 0.488 e. The van der Waals surface area contributed by atoms with Crippen molar-refractivity contribution in [2.45, 2.75) is 19.3 Å². The second-order valence-corrected chi connectivity index (χ2v) is 5.89. The Kier molecular flexibility index (Phi) is 4.95. The molecule has 0 radical (unpaired) electrons. The summed E-state index contributed by atoms with van der Waals surface area (Å²) in [4.78, 5) is 23.2. The number of carbonyl (C=O) groups is 1. The van der Waals surface area contributed by atoms with Crippen molar-refractivity contribution < 1.29 is 19.2 Å². The molecule has 1 atom stereocenters. The summed E-state index contributed by atoms with van der Waals surface area (Å²) < 4.78 is 11.1. The van der Waals surface area contributed by atoms with Gasteiger partial charge in [0.25, 0.3) is 12.2 Å². The average molecular weight is 342 g/mol. The maximum Gasteiger partial charge on any atom is 0.294 e. The standard InChI is InChI=1S/C18H18N2O5/c1-13-9-15(7-8-17(13)20(22)23)25-16-10-19(11-16)18(24-12-21)14-5-3-2-4-6-14/h2-9,12,16,18H,10-11H2,1H3. The fraction of sp³-hybridized carbons (Fsp3) is 0.278. The van der Waals surface area contributed by atoms with E-state index in [2.05, 4.69) is 0 Å². The van der Waals surface area contributed by atoms with Gasteiger partial charge in [-0.3, -0.25) is 19.8 Å². The van der Waals surface area contributed by atoms with Gasteiger partial charge in [0.1, 0.15) is 11.9 Å². The first-order valence-electron chi connectivity index (χ1n) is 7.88. The van der Waals surface area contributed by atoms with Crippen LogP contribution in [-0.2, 0) is 9.53 Å². The van der Waals surface area contributed by atoms with Crippen LogP contribution in [0.25, 0.3) is 0 Å². The number of aryl methyl sites for hydroxylation is 1. The van der Waals surface area contributed by atoms with E-state index in [0.29, 0.717) is 30.9 Å². The van der Waals surface area contributed by atoms with Crippen LogP contribution in [0.5, 0.6) is 5.75 Å². The first kappa shape index (κ1) is 16.9. The summed E-state index contributed by atoms with van der Waals surface area (Å²) in [5, 5.41) is 10.9. The number of carbonyl (C=O) groups excluding carboxylic acids is 1. The van der Waals surface area contributed by atoms with Crippen molar-refractivity contribution in [3.05, 3.63) is 69.8 Å². The Morgan fingerprint density at radius 2 is 1.96 bits per heavy atom. The second kappa shape index (κ2) is 7.31. The first-order chi connectivity index (χ1) is 12.1. The molecule has 7 heteroatoms. The lowest BCUT2D eigenvalue weighted by atomic mass is 10.1. The third kappa shape index (κ3) is 3.77. The Balaban J connectivity index is 1.61. The van der Waals surface area contributed by atoms with Gasteiger partial charge in [-0.2, -0.15) is 0 Å². The molecular weight excluding hydrogens is 324 g/mol. The summed E-state index contributed by atoms with van der Waals surface area (Å²) >= 11 is 0. The summed E-state index contributed by atoms with van der Waals surface area (Å²) in [6.07, 6.45) is -0.487. The zero-order valence-electron chi connectivity index (χ0n) is 13.7. The third-order valence-corrected chi connectivity index (χ3v) is 4.14. The number of nitro groups is 1. The zero-order chi connectivity index (χ0) is 17.8. The van der Waals surface area contributed by atoms with Crippen LogP contribution in [0.3, 0.4) is 0 Å². The predicted octanol–water partition coefficient (Wildman–Crippen LogP) is 2.84. The number of likely N-dealkylation sites (tertiary alicyclic amines) is 1. The fourth-order valence-electron chi connectivity index (χ4n) is 2.88. The molecule has 2 aromatic rings. The number of benzene rings is 2. The quantitative estimate of drug-likeness (QED) is 0.437. The van der Waals surface area contributed by atoms with Crippen molar-refractivity contribution >= 4 is 12.2 Å². The highest BCUT2D eigenvalue weighted by molar-refractivity contribution is 5.44. The molecule has 0 spiro atoms. The van der Waals surface area contributed by atoms with Crippen molar-refractivity contribution in [1.82, 2.24) is 4.90 Å². The maximum absolute atomic E-state index is 10.9. The topological polar surface area (TPSA) is 81.9 Å². The van der Waals surface area contributed by atoms with Crippen molar-refractivity contribution in [2.24, 2.45) is 0 Å². The number of rotatable bonds is 7. The number of hydrogen-bond acceptors (Lipinski definition) is 6. The third-order valence-electron chi connectivity index (χ3n) is 4.14. The minimum absolute atomic E-state index is 0.0534. The molecule has 1 heterocycles. The highest BCUT2D eigenvalue weighted by atomic mass is 16.6. The highest BCUT2D eigenvalue weighted by Crippen LogP contribution is 2.30. The number of ether oxygens (including phenoxy) is 2. The Hall–Kier alpha value is -2.93. The van der Waals surface area contributed by atoms with Gasteiger partial charge >= 0.3 is 0 Å².